The monoisotopic (exact) mass is 393 g/mol. The number of rotatable bonds is 5. The SMILES string of the molecule is O=S(=O)(CCCC(F)(F)F)Nc1ccccc1I. The third-order valence-corrected chi connectivity index (χ3v) is 4.31. The molecular weight excluding hydrogens is 382 g/mol. The highest BCUT2D eigenvalue weighted by Crippen LogP contribution is 2.22. The van der Waals surface area contributed by atoms with Gasteiger partial charge in [-0.1, -0.05) is 12.1 Å². The number of nitrogens with one attached hydrogen (secondary N) is 1. The van der Waals surface area contributed by atoms with Crippen molar-refractivity contribution >= 4 is 38.3 Å². The molecule has 102 valence electrons. The van der Waals surface area contributed by atoms with Gasteiger partial charge in [-0.2, -0.15) is 13.2 Å². The molecule has 0 aromatic heterocycles. The van der Waals surface area contributed by atoms with Gasteiger partial charge in [-0.25, -0.2) is 8.42 Å². The van der Waals surface area contributed by atoms with E-state index in [1.54, 1.807) is 24.3 Å². The predicted molar refractivity (Wildman–Crippen MR) is 71.9 cm³/mol. The Morgan fingerprint density at radius 1 is 1.22 bits per heavy atom. The molecule has 0 spiro atoms. The lowest BCUT2D eigenvalue weighted by atomic mass is 10.3. The second-order valence-electron chi connectivity index (χ2n) is 3.62. The van der Waals surface area contributed by atoms with Gasteiger partial charge in [0.2, 0.25) is 10.0 Å². The minimum Gasteiger partial charge on any atom is -0.282 e. The molecule has 0 radical (unpaired) electrons. The van der Waals surface area contributed by atoms with Crippen LogP contribution in [0.1, 0.15) is 12.8 Å². The minimum absolute atomic E-state index is 0.380. The van der Waals surface area contributed by atoms with Crippen molar-refractivity contribution in [3.63, 3.8) is 0 Å². The van der Waals surface area contributed by atoms with Gasteiger partial charge in [-0.15, -0.1) is 0 Å². The zero-order valence-electron chi connectivity index (χ0n) is 9.17. The van der Waals surface area contributed by atoms with Crippen LogP contribution in [0.15, 0.2) is 24.3 Å². The van der Waals surface area contributed by atoms with Crippen LogP contribution < -0.4 is 4.72 Å². The van der Waals surface area contributed by atoms with Gasteiger partial charge in [0.25, 0.3) is 0 Å². The van der Waals surface area contributed by atoms with Crippen LogP contribution in [0.25, 0.3) is 0 Å². The average molecular weight is 393 g/mol. The molecule has 0 amide bonds. The highest BCUT2D eigenvalue weighted by molar-refractivity contribution is 14.1. The maximum atomic E-state index is 11.9. The van der Waals surface area contributed by atoms with Crippen molar-refractivity contribution in [2.45, 2.75) is 19.0 Å². The topological polar surface area (TPSA) is 46.2 Å². The quantitative estimate of drug-likeness (QED) is 0.780. The third kappa shape index (κ3) is 5.89. The van der Waals surface area contributed by atoms with E-state index in [1.807, 2.05) is 22.6 Å². The summed E-state index contributed by atoms with van der Waals surface area (Å²) in [5.41, 5.74) is 0.380. The van der Waals surface area contributed by atoms with Gasteiger partial charge in [-0.3, -0.25) is 4.72 Å². The Hall–Kier alpha value is -0.510. The summed E-state index contributed by atoms with van der Waals surface area (Å²) in [5, 5.41) is 0. The third-order valence-electron chi connectivity index (χ3n) is 2.01. The standard InChI is InChI=1S/C10H11F3INO2S/c11-10(12,13)6-3-7-18(16,17)15-9-5-2-1-4-8(9)14/h1-2,4-5,15H,3,6-7H2. The van der Waals surface area contributed by atoms with E-state index in [4.69, 9.17) is 0 Å². The van der Waals surface area contributed by atoms with Crippen LogP contribution in [0, 0.1) is 3.57 Å². The second-order valence-corrected chi connectivity index (χ2v) is 6.62. The number of para-hydroxylation sites is 1. The molecule has 0 saturated carbocycles. The first-order valence-electron chi connectivity index (χ1n) is 5.01. The fraction of sp³-hybridized carbons (Fsp3) is 0.400. The molecular formula is C10H11F3INO2S. The molecule has 0 fully saturated rings. The number of halogens is 4. The normalized spacial score (nSPS) is 12.4. The Morgan fingerprint density at radius 2 is 1.83 bits per heavy atom. The molecule has 0 aliphatic carbocycles. The molecule has 8 heteroatoms. The van der Waals surface area contributed by atoms with E-state index < -0.39 is 34.8 Å². The second kappa shape index (κ2) is 6.09. The van der Waals surface area contributed by atoms with Crippen LogP contribution in [0.5, 0.6) is 0 Å². The summed E-state index contributed by atoms with van der Waals surface area (Å²) in [5.74, 6) is -0.544. The molecule has 18 heavy (non-hydrogen) atoms. The van der Waals surface area contributed by atoms with Crippen molar-refractivity contribution < 1.29 is 21.6 Å². The minimum atomic E-state index is -4.32. The molecule has 0 atom stereocenters. The van der Waals surface area contributed by atoms with E-state index in [2.05, 4.69) is 4.72 Å². The van der Waals surface area contributed by atoms with Crippen molar-refractivity contribution in [3.05, 3.63) is 27.8 Å². The Bertz CT molecular complexity index is 502. The van der Waals surface area contributed by atoms with Crippen molar-refractivity contribution in [3.8, 4) is 0 Å². The van der Waals surface area contributed by atoms with Crippen LogP contribution in [0.2, 0.25) is 0 Å². The molecule has 0 saturated heterocycles. The number of benzene rings is 1. The van der Waals surface area contributed by atoms with E-state index in [9.17, 15) is 21.6 Å². The molecule has 0 bridgehead atoms. The number of hydrogen-bond acceptors (Lipinski definition) is 2. The van der Waals surface area contributed by atoms with Crippen LogP contribution in [0.4, 0.5) is 18.9 Å². The summed E-state index contributed by atoms with van der Waals surface area (Å²) in [6.45, 7) is 0. The fourth-order valence-corrected chi connectivity index (χ4v) is 3.07. The van der Waals surface area contributed by atoms with Crippen LogP contribution in [-0.2, 0) is 10.0 Å². The van der Waals surface area contributed by atoms with E-state index in [0.29, 0.717) is 9.26 Å². The Morgan fingerprint density at radius 3 is 2.39 bits per heavy atom. The van der Waals surface area contributed by atoms with E-state index in [0.717, 1.165) is 0 Å². The van der Waals surface area contributed by atoms with Crippen molar-refractivity contribution in [1.82, 2.24) is 0 Å². The molecule has 1 N–H and O–H groups in total. The van der Waals surface area contributed by atoms with E-state index >= 15 is 0 Å². The summed E-state index contributed by atoms with van der Waals surface area (Å²) in [4.78, 5) is 0. The first-order valence-corrected chi connectivity index (χ1v) is 7.74. The van der Waals surface area contributed by atoms with Gasteiger partial charge in [-0.05, 0) is 41.1 Å². The molecule has 0 unspecified atom stereocenters. The first kappa shape index (κ1) is 15.5. The molecule has 1 rings (SSSR count). The maximum Gasteiger partial charge on any atom is 0.389 e. The van der Waals surface area contributed by atoms with Crippen LogP contribution in [-0.4, -0.2) is 20.3 Å². The van der Waals surface area contributed by atoms with Gasteiger partial charge in [0.1, 0.15) is 0 Å². The van der Waals surface area contributed by atoms with Crippen molar-refractivity contribution in [2.24, 2.45) is 0 Å². The molecule has 3 nitrogen and oxygen atoms in total. The smallest absolute Gasteiger partial charge is 0.282 e. The average Bonchev–Trinajstić information content (AvgIpc) is 2.18. The summed E-state index contributed by atoms with van der Waals surface area (Å²) in [6.07, 6.45) is -5.86. The number of alkyl halides is 3. The summed E-state index contributed by atoms with van der Waals surface area (Å²) >= 11 is 1.94. The van der Waals surface area contributed by atoms with E-state index in [1.165, 1.54) is 0 Å². The van der Waals surface area contributed by atoms with Crippen molar-refractivity contribution in [1.29, 1.82) is 0 Å². The number of anilines is 1. The Balaban J connectivity index is 2.58. The summed E-state index contributed by atoms with van der Waals surface area (Å²) in [7, 11) is -3.73. The molecule has 0 aliphatic rings. The largest absolute Gasteiger partial charge is 0.389 e. The van der Waals surface area contributed by atoms with Gasteiger partial charge >= 0.3 is 6.18 Å². The van der Waals surface area contributed by atoms with Gasteiger partial charge < -0.3 is 0 Å². The van der Waals surface area contributed by atoms with E-state index in [-0.39, 0.29) is 0 Å². The van der Waals surface area contributed by atoms with Crippen molar-refractivity contribution in [2.75, 3.05) is 10.5 Å². The first-order chi connectivity index (χ1) is 8.20. The van der Waals surface area contributed by atoms with Gasteiger partial charge in [0.15, 0.2) is 0 Å². The van der Waals surface area contributed by atoms with Gasteiger partial charge in [0.05, 0.1) is 11.4 Å². The zero-order valence-corrected chi connectivity index (χ0v) is 12.1. The molecule has 0 aliphatic heterocycles. The molecule has 1 aromatic carbocycles. The number of hydrogen-bond donors (Lipinski definition) is 1. The highest BCUT2D eigenvalue weighted by atomic mass is 127. The predicted octanol–water partition coefficient (Wildman–Crippen LogP) is 3.38. The van der Waals surface area contributed by atoms with Crippen LogP contribution in [0.3, 0.4) is 0 Å². The fourth-order valence-electron chi connectivity index (χ4n) is 1.23. The lowest BCUT2D eigenvalue weighted by molar-refractivity contribution is -0.134. The lowest BCUT2D eigenvalue weighted by Crippen LogP contribution is -2.19. The highest BCUT2D eigenvalue weighted by Gasteiger charge is 2.27. The summed E-state index contributed by atoms with van der Waals surface area (Å²) < 4.78 is 61.8. The zero-order chi connectivity index (χ0) is 13.8. The number of sulfonamides is 1. The Labute approximate surface area is 117 Å². The lowest BCUT2D eigenvalue weighted by Gasteiger charge is -2.10. The maximum absolute atomic E-state index is 11.9. The molecule has 0 heterocycles. The van der Waals surface area contributed by atoms with Gasteiger partial charge in [0, 0.05) is 9.99 Å². The van der Waals surface area contributed by atoms with Crippen LogP contribution >= 0.6 is 22.6 Å². The Kier molecular flexibility index (Phi) is 5.26. The summed E-state index contributed by atoms with van der Waals surface area (Å²) in [6, 6.07) is 6.65. The molecule has 1 aromatic rings.